The third-order valence-electron chi connectivity index (χ3n) is 5.32. The van der Waals surface area contributed by atoms with E-state index >= 15 is 0 Å². The van der Waals surface area contributed by atoms with Crippen molar-refractivity contribution in [2.45, 2.75) is 16.0 Å². The Morgan fingerprint density at radius 3 is 1.81 bits per heavy atom. The summed E-state index contributed by atoms with van der Waals surface area (Å²) in [5, 5.41) is 5.13. The smallest absolute Gasteiger partial charge is 0.0835 e. The Morgan fingerprint density at radius 2 is 1.19 bits per heavy atom. The van der Waals surface area contributed by atoms with Crippen LogP contribution in [0.25, 0.3) is 10.8 Å². The van der Waals surface area contributed by atoms with E-state index in [0.29, 0.717) is 0 Å². The molecule has 5 rings (SSSR count). The Morgan fingerprint density at radius 1 is 0.611 bits per heavy atom. The highest BCUT2D eigenvalue weighted by Crippen LogP contribution is 2.29. The lowest BCUT2D eigenvalue weighted by Gasteiger charge is -2.09. The van der Waals surface area contributed by atoms with Gasteiger partial charge in [-0.1, -0.05) is 147 Å². The molecule has 1 unspecified atom stereocenters. The van der Waals surface area contributed by atoms with E-state index in [1.54, 1.807) is 0 Å². The normalized spacial score (nSPS) is 11.0. The highest BCUT2D eigenvalue weighted by Gasteiger charge is 2.09. The van der Waals surface area contributed by atoms with Crippen molar-refractivity contribution in [2.75, 3.05) is 0 Å². The van der Waals surface area contributed by atoms with Crippen LogP contribution in [0.5, 0.6) is 0 Å². The molecule has 184 valence electrons. The van der Waals surface area contributed by atoms with Gasteiger partial charge in [0.05, 0.1) is 5.38 Å². The van der Waals surface area contributed by atoms with Crippen molar-refractivity contribution in [3.8, 4) is 0 Å². The summed E-state index contributed by atoms with van der Waals surface area (Å²) >= 11 is 21.3. The van der Waals surface area contributed by atoms with Gasteiger partial charge in [-0.2, -0.15) is 0 Å². The lowest BCUT2D eigenvalue weighted by atomic mass is 10.0. The minimum atomic E-state index is -0.108. The van der Waals surface area contributed by atoms with E-state index in [0.717, 1.165) is 26.8 Å². The van der Waals surface area contributed by atoms with Gasteiger partial charge in [-0.3, -0.25) is 0 Å². The maximum absolute atomic E-state index is 6.34. The number of fused-ring (bicyclic) bond motifs is 1. The molecule has 0 fully saturated rings. The van der Waals surface area contributed by atoms with Crippen LogP contribution in [0.2, 0.25) is 5.02 Å². The SMILES string of the molecule is BrCc1ccc2ccccc2c1.BrCc1ccccc1I.Clc1ccc(C(Cl)c2ccccc2)cc1. The maximum atomic E-state index is 6.34. The molecule has 0 radical (unpaired) electrons. The monoisotopic (exact) mass is 752 g/mol. The second-order valence-electron chi connectivity index (χ2n) is 7.86. The first-order chi connectivity index (χ1) is 17.5. The van der Waals surface area contributed by atoms with Crippen LogP contribution in [0.4, 0.5) is 0 Å². The lowest BCUT2D eigenvalue weighted by Crippen LogP contribution is -1.91. The Kier molecular flexibility index (Phi) is 12.8. The van der Waals surface area contributed by atoms with Crippen LogP contribution in [0, 0.1) is 3.57 Å². The Hall–Kier alpha value is -1.37. The van der Waals surface area contributed by atoms with Crippen LogP contribution in [0.15, 0.2) is 121 Å². The standard InChI is InChI=1S/C13H10Cl2.C11H9Br.C7H6BrI/c14-12-8-6-11(7-9-12)13(15)10-4-2-1-3-5-10;12-8-9-5-6-10-3-1-2-4-11(10)7-9;8-5-6-3-1-2-4-7(6)9/h1-9,13H;1-7H,8H2;1-4H,5H2. The molecule has 0 spiro atoms. The van der Waals surface area contributed by atoms with E-state index in [1.807, 2.05) is 60.7 Å². The van der Waals surface area contributed by atoms with Crippen LogP contribution in [-0.4, -0.2) is 0 Å². The number of alkyl halides is 3. The fraction of sp³-hybridized carbons (Fsp3) is 0.0968. The summed E-state index contributed by atoms with van der Waals surface area (Å²) in [7, 11) is 0. The fourth-order valence-corrected chi connectivity index (χ4v) is 5.73. The van der Waals surface area contributed by atoms with Crippen LogP contribution < -0.4 is 0 Å². The second-order valence-corrected chi connectivity index (χ2v) is 11.0. The molecular formula is C31H25Br2Cl2I. The number of benzene rings is 5. The van der Waals surface area contributed by atoms with Gasteiger partial charge >= 0.3 is 0 Å². The molecule has 5 heteroatoms. The van der Waals surface area contributed by atoms with Crippen LogP contribution >= 0.6 is 77.7 Å². The first-order valence-corrected chi connectivity index (χ1v) is 15.4. The van der Waals surface area contributed by atoms with Gasteiger partial charge in [-0.05, 0) is 73.8 Å². The average molecular weight is 755 g/mol. The van der Waals surface area contributed by atoms with Gasteiger partial charge < -0.3 is 0 Å². The van der Waals surface area contributed by atoms with Gasteiger partial charge in [0.25, 0.3) is 0 Å². The van der Waals surface area contributed by atoms with Crippen LogP contribution in [0.1, 0.15) is 27.6 Å². The van der Waals surface area contributed by atoms with Gasteiger partial charge in [-0.25, -0.2) is 0 Å². The second kappa shape index (κ2) is 15.8. The lowest BCUT2D eigenvalue weighted by molar-refractivity contribution is 1.14. The third kappa shape index (κ3) is 9.18. The van der Waals surface area contributed by atoms with E-state index in [2.05, 4.69) is 115 Å². The van der Waals surface area contributed by atoms with Crippen LogP contribution in [0.3, 0.4) is 0 Å². The van der Waals surface area contributed by atoms with Crippen LogP contribution in [-0.2, 0) is 10.7 Å². The molecule has 0 heterocycles. The summed E-state index contributed by atoms with van der Waals surface area (Å²) in [4.78, 5) is 0. The maximum Gasteiger partial charge on any atom is 0.0835 e. The summed E-state index contributed by atoms with van der Waals surface area (Å²) in [5.74, 6) is 0. The molecule has 0 bridgehead atoms. The molecule has 0 saturated carbocycles. The summed E-state index contributed by atoms with van der Waals surface area (Å²) < 4.78 is 1.33. The minimum absolute atomic E-state index is 0.108. The fourth-order valence-electron chi connectivity index (χ4n) is 3.37. The topological polar surface area (TPSA) is 0 Å². The molecule has 0 aromatic heterocycles. The molecule has 36 heavy (non-hydrogen) atoms. The molecule has 0 aliphatic heterocycles. The van der Waals surface area contributed by atoms with Crippen molar-refractivity contribution >= 4 is 88.4 Å². The Labute approximate surface area is 254 Å². The third-order valence-corrected chi connectivity index (χ3v) is 8.38. The predicted molar refractivity (Wildman–Crippen MR) is 174 cm³/mol. The molecule has 0 N–H and O–H groups in total. The molecular weight excluding hydrogens is 730 g/mol. The van der Waals surface area contributed by atoms with Crippen molar-refractivity contribution in [1.29, 1.82) is 0 Å². The highest BCUT2D eigenvalue weighted by atomic mass is 127. The molecule has 5 aromatic carbocycles. The van der Waals surface area contributed by atoms with E-state index < -0.39 is 0 Å². The first kappa shape index (κ1) is 29.2. The van der Waals surface area contributed by atoms with E-state index in [9.17, 15) is 0 Å². The highest BCUT2D eigenvalue weighted by molar-refractivity contribution is 14.1. The van der Waals surface area contributed by atoms with Crippen molar-refractivity contribution in [2.24, 2.45) is 0 Å². The summed E-state index contributed by atoms with van der Waals surface area (Å²) in [6.07, 6.45) is 0. The zero-order valence-corrected chi connectivity index (χ0v) is 26.3. The van der Waals surface area contributed by atoms with Crippen molar-refractivity contribution < 1.29 is 0 Å². The van der Waals surface area contributed by atoms with Gasteiger partial charge in [0, 0.05) is 19.3 Å². The molecule has 0 aliphatic carbocycles. The summed E-state index contributed by atoms with van der Waals surface area (Å²) in [6.45, 7) is 0. The Balaban J connectivity index is 0.000000156. The van der Waals surface area contributed by atoms with Gasteiger partial charge in [-0.15, -0.1) is 11.6 Å². The Bertz CT molecular complexity index is 1340. The van der Waals surface area contributed by atoms with Gasteiger partial charge in [0.2, 0.25) is 0 Å². The van der Waals surface area contributed by atoms with Crippen molar-refractivity contribution in [1.82, 2.24) is 0 Å². The molecule has 5 aromatic rings. The van der Waals surface area contributed by atoms with Gasteiger partial charge in [0.1, 0.15) is 0 Å². The van der Waals surface area contributed by atoms with Crippen molar-refractivity contribution in [3.05, 3.63) is 152 Å². The predicted octanol–water partition coefficient (Wildman–Crippen LogP) is 11.6. The molecule has 0 amide bonds. The first-order valence-electron chi connectivity index (χ1n) is 11.3. The molecule has 0 saturated heterocycles. The zero-order chi connectivity index (χ0) is 25.8. The minimum Gasteiger partial charge on any atom is -0.113 e. The largest absolute Gasteiger partial charge is 0.113 e. The molecule has 0 nitrogen and oxygen atoms in total. The quantitative estimate of drug-likeness (QED) is 0.127. The number of hydrogen-bond acceptors (Lipinski definition) is 0. The number of halogens is 5. The van der Waals surface area contributed by atoms with E-state index in [-0.39, 0.29) is 5.38 Å². The van der Waals surface area contributed by atoms with E-state index in [4.69, 9.17) is 23.2 Å². The van der Waals surface area contributed by atoms with E-state index in [1.165, 1.54) is 25.5 Å². The van der Waals surface area contributed by atoms with Crippen molar-refractivity contribution in [3.63, 3.8) is 0 Å². The zero-order valence-electron chi connectivity index (χ0n) is 19.4. The summed E-state index contributed by atoms with van der Waals surface area (Å²) in [6, 6.07) is 40.9. The number of hydrogen-bond donors (Lipinski definition) is 0. The van der Waals surface area contributed by atoms with Gasteiger partial charge in [0.15, 0.2) is 0 Å². The average Bonchev–Trinajstić information content (AvgIpc) is 2.94. The molecule has 0 aliphatic rings. The molecule has 1 atom stereocenters. The number of rotatable bonds is 4. The summed E-state index contributed by atoms with van der Waals surface area (Å²) in [5.41, 5.74) is 4.85.